The lowest BCUT2D eigenvalue weighted by molar-refractivity contribution is -0.151. The first-order valence-electron chi connectivity index (χ1n) is 7.14. The van der Waals surface area contributed by atoms with Crippen LogP contribution in [0.5, 0.6) is 0 Å². The highest BCUT2D eigenvalue weighted by Gasteiger charge is 2.49. The summed E-state index contributed by atoms with van der Waals surface area (Å²) >= 11 is 0. The summed E-state index contributed by atoms with van der Waals surface area (Å²) in [4.78, 5) is 16.9. The Morgan fingerprint density at radius 2 is 1.89 bits per heavy atom. The first-order valence-corrected chi connectivity index (χ1v) is 7.14. The SMILES string of the molecule is CC1CC(CN)(C(=O)N2CCC(N(C)C)CC2)C1. The monoisotopic (exact) mass is 253 g/mol. The Balaban J connectivity index is 1.91. The molecule has 1 amide bonds. The standard InChI is InChI=1S/C14H27N3O/c1-11-8-14(9-11,10-15)13(18)17-6-4-12(5-7-17)16(2)3/h11-12H,4-10,15H2,1-3H3. The number of hydrogen-bond donors (Lipinski definition) is 1. The van der Waals surface area contributed by atoms with Crippen molar-refractivity contribution in [2.24, 2.45) is 17.1 Å². The molecule has 2 rings (SSSR count). The van der Waals surface area contributed by atoms with Crippen LogP contribution in [0.4, 0.5) is 0 Å². The normalized spacial score (nSPS) is 33.6. The van der Waals surface area contributed by atoms with Gasteiger partial charge in [-0.2, -0.15) is 0 Å². The van der Waals surface area contributed by atoms with Crippen LogP contribution in [0.2, 0.25) is 0 Å². The molecular weight excluding hydrogens is 226 g/mol. The fraction of sp³-hybridized carbons (Fsp3) is 0.929. The van der Waals surface area contributed by atoms with E-state index < -0.39 is 0 Å². The van der Waals surface area contributed by atoms with Gasteiger partial charge in [0.2, 0.25) is 5.91 Å². The second-order valence-electron chi connectivity index (χ2n) is 6.48. The van der Waals surface area contributed by atoms with Gasteiger partial charge in [0.25, 0.3) is 0 Å². The van der Waals surface area contributed by atoms with E-state index in [1.807, 2.05) is 0 Å². The summed E-state index contributed by atoms with van der Waals surface area (Å²) in [5.74, 6) is 0.983. The average Bonchev–Trinajstić information content (AvgIpc) is 2.34. The molecule has 0 aromatic carbocycles. The van der Waals surface area contributed by atoms with Crippen molar-refractivity contribution in [1.29, 1.82) is 0 Å². The number of nitrogens with two attached hydrogens (primary N) is 1. The van der Waals surface area contributed by atoms with Crippen LogP contribution in [0.15, 0.2) is 0 Å². The molecule has 1 aliphatic heterocycles. The van der Waals surface area contributed by atoms with Crippen molar-refractivity contribution < 1.29 is 4.79 Å². The summed E-state index contributed by atoms with van der Waals surface area (Å²) < 4.78 is 0. The molecule has 1 saturated carbocycles. The molecular formula is C14H27N3O. The van der Waals surface area contributed by atoms with Gasteiger partial charge in [0.1, 0.15) is 0 Å². The number of carbonyl (C=O) groups excluding carboxylic acids is 1. The average molecular weight is 253 g/mol. The van der Waals surface area contributed by atoms with Gasteiger partial charge in [-0.05, 0) is 45.7 Å². The number of rotatable bonds is 3. The highest BCUT2D eigenvalue weighted by Crippen LogP contribution is 2.46. The van der Waals surface area contributed by atoms with Crippen LogP contribution in [-0.4, -0.2) is 55.5 Å². The van der Waals surface area contributed by atoms with Crippen LogP contribution in [0.25, 0.3) is 0 Å². The third-order valence-electron chi connectivity index (χ3n) is 4.80. The van der Waals surface area contributed by atoms with Gasteiger partial charge in [-0.15, -0.1) is 0 Å². The van der Waals surface area contributed by atoms with Crippen molar-refractivity contribution in [3.63, 3.8) is 0 Å². The molecule has 18 heavy (non-hydrogen) atoms. The summed E-state index contributed by atoms with van der Waals surface area (Å²) in [7, 11) is 4.24. The summed E-state index contributed by atoms with van der Waals surface area (Å²) in [5, 5.41) is 0. The minimum Gasteiger partial charge on any atom is -0.342 e. The summed E-state index contributed by atoms with van der Waals surface area (Å²) in [5.41, 5.74) is 5.64. The quantitative estimate of drug-likeness (QED) is 0.813. The number of carbonyl (C=O) groups is 1. The molecule has 1 heterocycles. The first kappa shape index (κ1) is 13.8. The largest absolute Gasteiger partial charge is 0.342 e. The summed E-state index contributed by atoms with van der Waals surface area (Å²) in [6.45, 7) is 4.53. The fourth-order valence-corrected chi connectivity index (χ4v) is 3.62. The van der Waals surface area contributed by atoms with Crippen LogP contribution in [0.1, 0.15) is 32.6 Å². The molecule has 0 aromatic rings. The maximum atomic E-state index is 12.6. The van der Waals surface area contributed by atoms with Crippen molar-refractivity contribution in [3.05, 3.63) is 0 Å². The highest BCUT2D eigenvalue weighted by molar-refractivity contribution is 5.84. The van der Waals surface area contributed by atoms with Crippen molar-refractivity contribution in [2.45, 2.75) is 38.6 Å². The zero-order chi connectivity index (χ0) is 13.3. The third-order valence-corrected chi connectivity index (χ3v) is 4.80. The van der Waals surface area contributed by atoms with Gasteiger partial charge in [0, 0.05) is 25.7 Å². The second-order valence-corrected chi connectivity index (χ2v) is 6.48. The Morgan fingerprint density at radius 3 is 2.28 bits per heavy atom. The molecule has 2 aliphatic rings. The van der Waals surface area contributed by atoms with Crippen LogP contribution in [0, 0.1) is 11.3 Å². The molecule has 0 spiro atoms. The third kappa shape index (κ3) is 2.41. The molecule has 0 unspecified atom stereocenters. The van der Waals surface area contributed by atoms with Gasteiger partial charge in [-0.25, -0.2) is 0 Å². The maximum Gasteiger partial charge on any atom is 0.230 e. The van der Waals surface area contributed by atoms with E-state index in [9.17, 15) is 4.79 Å². The van der Waals surface area contributed by atoms with E-state index in [-0.39, 0.29) is 5.41 Å². The Kier molecular flexibility index (Phi) is 3.97. The second kappa shape index (κ2) is 5.17. The van der Waals surface area contributed by atoms with Crippen LogP contribution in [-0.2, 0) is 4.79 Å². The number of likely N-dealkylation sites (tertiary alicyclic amines) is 1. The Labute approximate surface area is 110 Å². The van der Waals surface area contributed by atoms with Crippen molar-refractivity contribution in [3.8, 4) is 0 Å². The molecule has 2 N–H and O–H groups in total. The molecule has 4 heteroatoms. The predicted molar refractivity (Wildman–Crippen MR) is 73.2 cm³/mol. The fourth-order valence-electron chi connectivity index (χ4n) is 3.62. The smallest absolute Gasteiger partial charge is 0.230 e. The highest BCUT2D eigenvalue weighted by atomic mass is 16.2. The number of piperidine rings is 1. The molecule has 1 saturated heterocycles. The van der Waals surface area contributed by atoms with E-state index in [4.69, 9.17) is 5.73 Å². The topological polar surface area (TPSA) is 49.6 Å². The molecule has 2 fully saturated rings. The van der Waals surface area contributed by atoms with Crippen LogP contribution >= 0.6 is 0 Å². The van der Waals surface area contributed by atoms with E-state index in [1.165, 1.54) is 0 Å². The summed E-state index contributed by atoms with van der Waals surface area (Å²) in [6.07, 6.45) is 4.15. The number of hydrogen-bond acceptors (Lipinski definition) is 3. The molecule has 0 bridgehead atoms. The molecule has 0 atom stereocenters. The van der Waals surface area contributed by atoms with Crippen LogP contribution < -0.4 is 5.73 Å². The van der Waals surface area contributed by atoms with Crippen molar-refractivity contribution in [1.82, 2.24) is 9.80 Å². The Hall–Kier alpha value is -0.610. The van der Waals surface area contributed by atoms with Gasteiger partial charge in [-0.1, -0.05) is 6.92 Å². The van der Waals surface area contributed by atoms with Gasteiger partial charge in [-0.3, -0.25) is 4.79 Å². The Morgan fingerprint density at radius 1 is 1.33 bits per heavy atom. The lowest BCUT2D eigenvalue weighted by atomic mass is 9.61. The first-order chi connectivity index (χ1) is 8.48. The van der Waals surface area contributed by atoms with E-state index >= 15 is 0 Å². The lowest BCUT2D eigenvalue weighted by Gasteiger charge is -2.48. The molecule has 0 radical (unpaired) electrons. The molecule has 1 aliphatic carbocycles. The van der Waals surface area contributed by atoms with Crippen molar-refractivity contribution in [2.75, 3.05) is 33.7 Å². The van der Waals surface area contributed by atoms with Gasteiger partial charge < -0.3 is 15.5 Å². The molecule has 0 aromatic heterocycles. The van der Waals surface area contributed by atoms with Gasteiger partial charge in [0.05, 0.1) is 5.41 Å². The van der Waals surface area contributed by atoms with Gasteiger partial charge >= 0.3 is 0 Å². The van der Waals surface area contributed by atoms with Crippen molar-refractivity contribution >= 4 is 5.91 Å². The van der Waals surface area contributed by atoms with E-state index in [0.29, 0.717) is 24.4 Å². The summed E-state index contributed by atoms with van der Waals surface area (Å²) in [6, 6.07) is 0.628. The van der Waals surface area contributed by atoms with Crippen LogP contribution in [0.3, 0.4) is 0 Å². The van der Waals surface area contributed by atoms with E-state index in [1.54, 1.807) is 0 Å². The molecule has 4 nitrogen and oxygen atoms in total. The minimum atomic E-state index is -0.218. The lowest BCUT2D eigenvalue weighted by Crippen LogP contribution is -2.57. The number of amides is 1. The van der Waals surface area contributed by atoms with Gasteiger partial charge in [0.15, 0.2) is 0 Å². The minimum absolute atomic E-state index is 0.218. The zero-order valence-corrected chi connectivity index (χ0v) is 12.0. The van der Waals surface area contributed by atoms with E-state index in [0.717, 1.165) is 38.8 Å². The molecule has 104 valence electrons. The predicted octanol–water partition coefficient (Wildman–Crippen LogP) is 0.914. The zero-order valence-electron chi connectivity index (χ0n) is 12.0. The maximum absolute atomic E-state index is 12.6. The number of nitrogens with zero attached hydrogens (tertiary/aromatic N) is 2. The Bertz CT molecular complexity index is 302. The van der Waals surface area contributed by atoms with E-state index in [2.05, 4.69) is 30.8 Å².